The van der Waals surface area contributed by atoms with Gasteiger partial charge in [-0.3, -0.25) is 0 Å². The van der Waals surface area contributed by atoms with Gasteiger partial charge in [0.1, 0.15) is 12.4 Å². The highest BCUT2D eigenvalue weighted by Crippen LogP contribution is 2.32. The molecule has 1 aromatic carbocycles. The first-order valence-corrected chi connectivity index (χ1v) is 6.56. The maximum absolute atomic E-state index is 10.1. The molecule has 4 heteroatoms. The molecule has 1 saturated carbocycles. The van der Waals surface area contributed by atoms with Crippen LogP contribution in [0, 0.1) is 0 Å². The first kappa shape index (κ1) is 12.2. The molecule has 1 aliphatic carbocycles. The molecule has 0 spiro atoms. The molecule has 0 bridgehead atoms. The van der Waals surface area contributed by atoms with E-state index in [0.717, 1.165) is 30.2 Å². The van der Waals surface area contributed by atoms with Crippen molar-refractivity contribution in [1.82, 2.24) is 0 Å². The van der Waals surface area contributed by atoms with Gasteiger partial charge in [-0.15, -0.1) is 0 Å². The SMILES string of the molecule is OC1(COc2ccc(Br)cc2Cl)CCCC1. The van der Waals surface area contributed by atoms with E-state index in [9.17, 15) is 5.11 Å². The van der Waals surface area contributed by atoms with Gasteiger partial charge in [-0.2, -0.15) is 0 Å². The first-order chi connectivity index (χ1) is 7.59. The fraction of sp³-hybridized carbons (Fsp3) is 0.500. The Bertz CT molecular complexity index is 375. The highest BCUT2D eigenvalue weighted by Gasteiger charge is 2.32. The summed E-state index contributed by atoms with van der Waals surface area (Å²) in [6.07, 6.45) is 3.80. The van der Waals surface area contributed by atoms with Crippen LogP contribution in [0.1, 0.15) is 25.7 Å². The van der Waals surface area contributed by atoms with Crippen LogP contribution in [-0.4, -0.2) is 17.3 Å². The van der Waals surface area contributed by atoms with E-state index in [1.165, 1.54) is 0 Å². The largest absolute Gasteiger partial charge is 0.489 e. The number of hydrogen-bond donors (Lipinski definition) is 1. The normalized spacial score (nSPS) is 18.7. The van der Waals surface area contributed by atoms with Crippen LogP contribution in [-0.2, 0) is 0 Å². The highest BCUT2D eigenvalue weighted by atomic mass is 79.9. The van der Waals surface area contributed by atoms with Crippen molar-refractivity contribution in [2.75, 3.05) is 6.61 Å². The molecule has 16 heavy (non-hydrogen) atoms. The zero-order valence-corrected chi connectivity index (χ0v) is 11.2. The lowest BCUT2D eigenvalue weighted by atomic mass is 10.0. The molecule has 0 amide bonds. The van der Waals surface area contributed by atoms with Crippen LogP contribution in [0.5, 0.6) is 5.75 Å². The lowest BCUT2D eigenvalue weighted by Gasteiger charge is -2.22. The summed E-state index contributed by atoms with van der Waals surface area (Å²) in [5, 5.41) is 10.7. The topological polar surface area (TPSA) is 29.5 Å². The van der Waals surface area contributed by atoms with E-state index in [4.69, 9.17) is 16.3 Å². The first-order valence-electron chi connectivity index (χ1n) is 5.39. The predicted octanol–water partition coefficient (Wildman–Crippen LogP) is 3.79. The Morgan fingerprint density at radius 1 is 1.38 bits per heavy atom. The van der Waals surface area contributed by atoms with Gasteiger partial charge in [0, 0.05) is 4.47 Å². The van der Waals surface area contributed by atoms with Crippen LogP contribution in [0.25, 0.3) is 0 Å². The Morgan fingerprint density at radius 2 is 2.06 bits per heavy atom. The molecule has 1 aliphatic rings. The smallest absolute Gasteiger partial charge is 0.138 e. The van der Waals surface area contributed by atoms with Gasteiger partial charge in [0.2, 0.25) is 0 Å². The van der Waals surface area contributed by atoms with Crippen LogP contribution >= 0.6 is 27.5 Å². The summed E-state index contributed by atoms with van der Waals surface area (Å²) in [7, 11) is 0. The minimum atomic E-state index is -0.656. The number of rotatable bonds is 3. The third-order valence-corrected chi connectivity index (χ3v) is 3.71. The Morgan fingerprint density at radius 3 is 2.69 bits per heavy atom. The van der Waals surface area contributed by atoms with E-state index in [2.05, 4.69) is 15.9 Å². The molecular weight excluding hydrogens is 291 g/mol. The van der Waals surface area contributed by atoms with E-state index in [1.54, 1.807) is 6.07 Å². The molecule has 1 N–H and O–H groups in total. The molecule has 1 fully saturated rings. The molecule has 2 nitrogen and oxygen atoms in total. The van der Waals surface area contributed by atoms with Gasteiger partial charge in [0.05, 0.1) is 10.6 Å². The van der Waals surface area contributed by atoms with Gasteiger partial charge in [0.15, 0.2) is 0 Å². The summed E-state index contributed by atoms with van der Waals surface area (Å²) >= 11 is 9.36. The molecule has 0 radical (unpaired) electrons. The molecule has 0 aromatic heterocycles. The summed E-state index contributed by atoms with van der Waals surface area (Å²) in [5.74, 6) is 0.630. The van der Waals surface area contributed by atoms with E-state index in [-0.39, 0.29) is 0 Å². The quantitative estimate of drug-likeness (QED) is 0.920. The number of halogens is 2. The van der Waals surface area contributed by atoms with Crippen molar-refractivity contribution >= 4 is 27.5 Å². The van der Waals surface area contributed by atoms with Crippen LogP contribution in [0.2, 0.25) is 5.02 Å². The van der Waals surface area contributed by atoms with Crippen molar-refractivity contribution in [3.05, 3.63) is 27.7 Å². The van der Waals surface area contributed by atoms with E-state index < -0.39 is 5.60 Å². The summed E-state index contributed by atoms with van der Waals surface area (Å²) in [6, 6.07) is 5.47. The van der Waals surface area contributed by atoms with E-state index in [0.29, 0.717) is 17.4 Å². The maximum Gasteiger partial charge on any atom is 0.138 e. The van der Waals surface area contributed by atoms with Gasteiger partial charge in [-0.1, -0.05) is 40.4 Å². The molecule has 0 unspecified atom stereocenters. The molecule has 1 aromatic rings. The van der Waals surface area contributed by atoms with Gasteiger partial charge in [-0.25, -0.2) is 0 Å². The third-order valence-electron chi connectivity index (χ3n) is 2.92. The second kappa shape index (κ2) is 4.94. The number of benzene rings is 1. The van der Waals surface area contributed by atoms with Crippen molar-refractivity contribution in [3.63, 3.8) is 0 Å². The zero-order chi connectivity index (χ0) is 11.6. The minimum absolute atomic E-state index is 0.328. The molecule has 0 aliphatic heterocycles. The summed E-state index contributed by atoms with van der Waals surface area (Å²) in [6.45, 7) is 0.328. The standard InChI is InChI=1S/C12H14BrClO2/c13-9-3-4-11(10(14)7-9)16-8-12(15)5-1-2-6-12/h3-4,7,15H,1-2,5-6,8H2. The molecule has 0 atom stereocenters. The van der Waals surface area contributed by atoms with Crippen LogP contribution in [0.15, 0.2) is 22.7 Å². The number of ether oxygens (including phenoxy) is 1. The van der Waals surface area contributed by atoms with Crippen LogP contribution < -0.4 is 4.74 Å². The van der Waals surface area contributed by atoms with E-state index >= 15 is 0 Å². The lowest BCUT2D eigenvalue weighted by molar-refractivity contribution is 0.00144. The Kier molecular flexibility index (Phi) is 3.77. The lowest BCUT2D eigenvalue weighted by Crippen LogP contribution is -2.32. The minimum Gasteiger partial charge on any atom is -0.489 e. The fourth-order valence-corrected chi connectivity index (χ4v) is 2.71. The average Bonchev–Trinajstić information content (AvgIpc) is 2.64. The fourth-order valence-electron chi connectivity index (χ4n) is 1.98. The Hall–Kier alpha value is -0.250. The zero-order valence-electron chi connectivity index (χ0n) is 8.88. The summed E-state index contributed by atoms with van der Waals surface area (Å²) < 4.78 is 6.50. The molecule has 0 heterocycles. The second-order valence-corrected chi connectivity index (χ2v) is 5.62. The molecule has 0 saturated heterocycles. The number of hydrogen-bond acceptors (Lipinski definition) is 2. The van der Waals surface area contributed by atoms with Crippen molar-refractivity contribution < 1.29 is 9.84 Å². The Labute approximate surface area is 109 Å². The highest BCUT2D eigenvalue weighted by molar-refractivity contribution is 9.10. The Balaban J connectivity index is 1.99. The molecule has 88 valence electrons. The molecule has 2 rings (SSSR count). The maximum atomic E-state index is 10.1. The van der Waals surface area contributed by atoms with E-state index in [1.807, 2.05) is 12.1 Å². The third kappa shape index (κ3) is 2.90. The molecular formula is C12H14BrClO2. The van der Waals surface area contributed by atoms with Gasteiger partial charge >= 0.3 is 0 Å². The van der Waals surface area contributed by atoms with Crippen LogP contribution in [0.3, 0.4) is 0 Å². The van der Waals surface area contributed by atoms with Crippen molar-refractivity contribution in [2.45, 2.75) is 31.3 Å². The van der Waals surface area contributed by atoms with Gasteiger partial charge in [0.25, 0.3) is 0 Å². The average molecular weight is 306 g/mol. The predicted molar refractivity (Wildman–Crippen MR) is 68.1 cm³/mol. The summed E-state index contributed by atoms with van der Waals surface area (Å²) in [5.41, 5.74) is -0.656. The monoisotopic (exact) mass is 304 g/mol. The van der Waals surface area contributed by atoms with Crippen molar-refractivity contribution in [2.24, 2.45) is 0 Å². The second-order valence-electron chi connectivity index (χ2n) is 4.29. The van der Waals surface area contributed by atoms with Crippen molar-refractivity contribution in [3.8, 4) is 5.75 Å². The number of aliphatic hydroxyl groups is 1. The van der Waals surface area contributed by atoms with Gasteiger partial charge in [-0.05, 0) is 31.0 Å². The van der Waals surface area contributed by atoms with Gasteiger partial charge < -0.3 is 9.84 Å². The van der Waals surface area contributed by atoms with Crippen LogP contribution in [0.4, 0.5) is 0 Å². The summed E-state index contributed by atoms with van der Waals surface area (Å²) in [4.78, 5) is 0. The van der Waals surface area contributed by atoms with Crippen molar-refractivity contribution in [1.29, 1.82) is 0 Å².